The molecule has 0 N–H and O–H groups in total. The zero-order valence-electron chi connectivity index (χ0n) is 13.7. The van der Waals surface area contributed by atoms with E-state index >= 15 is 0 Å². The first-order chi connectivity index (χ1) is 12.2. The highest BCUT2D eigenvalue weighted by atomic mass is 79.9. The van der Waals surface area contributed by atoms with Gasteiger partial charge in [-0.25, -0.2) is 9.97 Å². The van der Waals surface area contributed by atoms with Crippen LogP contribution in [0.25, 0.3) is 5.65 Å². The van der Waals surface area contributed by atoms with Crippen molar-refractivity contribution in [3.63, 3.8) is 0 Å². The van der Waals surface area contributed by atoms with E-state index in [4.69, 9.17) is 15.0 Å². The van der Waals surface area contributed by atoms with Crippen molar-refractivity contribution in [3.05, 3.63) is 58.2 Å². The fourth-order valence-electron chi connectivity index (χ4n) is 2.96. The van der Waals surface area contributed by atoms with Gasteiger partial charge >= 0.3 is 0 Å². The highest BCUT2D eigenvalue weighted by Gasteiger charge is 2.25. The Morgan fingerprint density at radius 1 is 1.32 bits per heavy atom. The molecule has 0 spiro atoms. The molecule has 0 amide bonds. The molecule has 126 valence electrons. The maximum absolute atomic E-state index is 8.92. The van der Waals surface area contributed by atoms with Crippen molar-refractivity contribution in [2.45, 2.75) is 38.2 Å². The number of halogens is 1. The van der Waals surface area contributed by atoms with Gasteiger partial charge in [0.15, 0.2) is 0 Å². The maximum Gasteiger partial charge on any atom is 0.140 e. The predicted octanol–water partition coefficient (Wildman–Crippen LogP) is 4.40. The topological polar surface area (TPSA) is 63.2 Å². The molecule has 0 radical (unpaired) electrons. The number of nitrogens with zero attached hydrogens (tertiary/aromatic N) is 4. The summed E-state index contributed by atoms with van der Waals surface area (Å²) in [5.74, 6) is 1.42. The van der Waals surface area contributed by atoms with E-state index in [0.29, 0.717) is 18.9 Å². The van der Waals surface area contributed by atoms with Gasteiger partial charge in [-0.1, -0.05) is 6.07 Å². The fraction of sp³-hybridized carbons (Fsp3) is 0.316. The van der Waals surface area contributed by atoms with Crippen LogP contribution in [0.5, 0.6) is 5.75 Å². The van der Waals surface area contributed by atoms with E-state index in [1.165, 1.54) is 18.4 Å². The Labute approximate surface area is 154 Å². The number of nitriles is 1. The largest absolute Gasteiger partial charge is 0.487 e. The van der Waals surface area contributed by atoms with E-state index in [9.17, 15) is 0 Å². The summed E-state index contributed by atoms with van der Waals surface area (Å²) in [6, 6.07) is 8.11. The molecular weight excluding hydrogens is 380 g/mol. The summed E-state index contributed by atoms with van der Waals surface area (Å²) in [4.78, 5) is 8.82. The Morgan fingerprint density at radius 2 is 2.20 bits per heavy atom. The van der Waals surface area contributed by atoms with Gasteiger partial charge in [0, 0.05) is 31.1 Å². The zero-order chi connectivity index (χ0) is 17.2. The van der Waals surface area contributed by atoms with Crippen LogP contribution in [0.15, 0.2) is 41.4 Å². The van der Waals surface area contributed by atoms with Gasteiger partial charge in [0.25, 0.3) is 0 Å². The van der Waals surface area contributed by atoms with Gasteiger partial charge in [0.05, 0.1) is 11.8 Å². The van der Waals surface area contributed by atoms with Crippen LogP contribution >= 0.6 is 15.9 Å². The van der Waals surface area contributed by atoms with Crippen molar-refractivity contribution in [3.8, 4) is 11.8 Å². The molecule has 1 aliphatic rings. The van der Waals surface area contributed by atoms with Crippen LogP contribution in [0.4, 0.5) is 0 Å². The van der Waals surface area contributed by atoms with Crippen molar-refractivity contribution in [2.75, 3.05) is 0 Å². The summed E-state index contributed by atoms with van der Waals surface area (Å²) < 4.78 is 8.64. The minimum Gasteiger partial charge on any atom is -0.487 e. The molecule has 3 aromatic rings. The number of hydrogen-bond acceptors (Lipinski definition) is 4. The number of ether oxygens (including phenoxy) is 1. The molecule has 6 heteroatoms. The van der Waals surface area contributed by atoms with Crippen LogP contribution < -0.4 is 4.74 Å². The molecular formula is C19H17BrN4O. The second-order valence-electron chi connectivity index (χ2n) is 6.30. The van der Waals surface area contributed by atoms with Crippen LogP contribution in [0.3, 0.4) is 0 Å². The minimum atomic E-state index is 0.397. The average molecular weight is 397 g/mol. The summed E-state index contributed by atoms with van der Waals surface area (Å²) in [5.41, 5.74) is 4.29. The maximum atomic E-state index is 8.92. The third-order valence-electron chi connectivity index (χ3n) is 4.34. The molecule has 3 heterocycles. The van der Waals surface area contributed by atoms with Crippen molar-refractivity contribution >= 4 is 21.6 Å². The quantitative estimate of drug-likeness (QED) is 0.579. The summed E-state index contributed by atoms with van der Waals surface area (Å²) >= 11 is 3.34. The number of hydrogen-bond donors (Lipinski definition) is 0. The Hall–Kier alpha value is -2.39. The van der Waals surface area contributed by atoms with Crippen LogP contribution in [0.1, 0.15) is 42.0 Å². The van der Waals surface area contributed by atoms with E-state index in [-0.39, 0.29) is 0 Å². The minimum absolute atomic E-state index is 0.397. The molecule has 25 heavy (non-hydrogen) atoms. The van der Waals surface area contributed by atoms with Gasteiger partial charge in [-0.2, -0.15) is 5.26 Å². The van der Waals surface area contributed by atoms with Crippen molar-refractivity contribution in [1.82, 2.24) is 14.4 Å². The molecule has 0 aromatic carbocycles. The van der Waals surface area contributed by atoms with Crippen LogP contribution in [-0.2, 0) is 13.0 Å². The van der Waals surface area contributed by atoms with Gasteiger partial charge in [-0.3, -0.25) is 0 Å². The predicted molar refractivity (Wildman–Crippen MR) is 97.4 cm³/mol. The second-order valence-corrected chi connectivity index (χ2v) is 7.11. The molecule has 5 nitrogen and oxygen atoms in total. The Balaban J connectivity index is 1.60. The number of aryl methyl sites for hydroxylation is 1. The number of pyridine rings is 2. The number of fused-ring (bicyclic) bond motifs is 1. The first kappa shape index (κ1) is 16.1. The molecule has 0 aliphatic heterocycles. The number of rotatable bonds is 6. The van der Waals surface area contributed by atoms with Crippen molar-refractivity contribution in [1.29, 1.82) is 5.26 Å². The lowest BCUT2D eigenvalue weighted by Crippen LogP contribution is -1.96. The van der Waals surface area contributed by atoms with Crippen LogP contribution in [0.2, 0.25) is 0 Å². The van der Waals surface area contributed by atoms with Crippen molar-refractivity contribution in [2.24, 2.45) is 0 Å². The Bertz CT molecular complexity index is 956. The second kappa shape index (κ2) is 6.85. The highest BCUT2D eigenvalue weighted by molar-refractivity contribution is 9.10. The lowest BCUT2D eigenvalue weighted by atomic mass is 10.1. The van der Waals surface area contributed by atoms with Crippen LogP contribution in [-0.4, -0.2) is 14.4 Å². The molecule has 0 saturated heterocycles. The molecule has 0 atom stereocenters. The molecule has 1 saturated carbocycles. The molecule has 3 aromatic heterocycles. The van der Waals surface area contributed by atoms with Gasteiger partial charge < -0.3 is 9.14 Å². The van der Waals surface area contributed by atoms with Gasteiger partial charge in [-0.05, 0) is 58.3 Å². The van der Waals surface area contributed by atoms with E-state index in [2.05, 4.69) is 43.6 Å². The van der Waals surface area contributed by atoms with Gasteiger partial charge in [0.2, 0.25) is 0 Å². The van der Waals surface area contributed by atoms with E-state index in [0.717, 1.165) is 33.7 Å². The molecule has 4 rings (SSSR count). The standard InChI is InChI=1S/C19H17BrN4O/c20-18-9-17(5-7-22-18)25-12-16-11-24-10-15(13-3-4-13)8-14(2-1-6-21)19(24)23-16/h5,7-11,13H,1-4,12H2. The monoisotopic (exact) mass is 396 g/mol. The van der Waals surface area contributed by atoms with Gasteiger partial charge in [0.1, 0.15) is 22.6 Å². The fourth-order valence-corrected chi connectivity index (χ4v) is 3.30. The van der Waals surface area contributed by atoms with E-state index in [1.807, 2.05) is 18.3 Å². The van der Waals surface area contributed by atoms with Crippen LogP contribution in [0, 0.1) is 11.3 Å². The summed E-state index contributed by atoms with van der Waals surface area (Å²) in [6.07, 6.45) is 9.64. The normalized spacial score (nSPS) is 13.8. The zero-order valence-corrected chi connectivity index (χ0v) is 15.2. The first-order valence-electron chi connectivity index (χ1n) is 8.34. The molecule has 0 bridgehead atoms. The SMILES string of the molecule is N#CCCc1cc(C2CC2)cn2cc(COc3ccnc(Br)c3)nc12. The number of aromatic nitrogens is 3. The van der Waals surface area contributed by atoms with E-state index in [1.54, 1.807) is 6.20 Å². The summed E-state index contributed by atoms with van der Waals surface area (Å²) in [5, 5.41) is 8.92. The molecule has 0 unspecified atom stereocenters. The van der Waals surface area contributed by atoms with Gasteiger partial charge in [-0.15, -0.1) is 0 Å². The molecule has 1 aliphatic carbocycles. The third kappa shape index (κ3) is 3.67. The smallest absolute Gasteiger partial charge is 0.140 e. The molecule has 1 fully saturated rings. The Kier molecular flexibility index (Phi) is 4.41. The lowest BCUT2D eigenvalue weighted by Gasteiger charge is -2.06. The number of imidazole rings is 1. The average Bonchev–Trinajstić information content (AvgIpc) is 3.37. The summed E-state index contributed by atoms with van der Waals surface area (Å²) in [7, 11) is 0. The van der Waals surface area contributed by atoms with E-state index < -0.39 is 0 Å². The highest BCUT2D eigenvalue weighted by Crippen LogP contribution is 2.40. The first-order valence-corrected chi connectivity index (χ1v) is 9.14. The third-order valence-corrected chi connectivity index (χ3v) is 4.77. The lowest BCUT2D eigenvalue weighted by molar-refractivity contribution is 0.301. The Morgan fingerprint density at radius 3 is 2.96 bits per heavy atom. The van der Waals surface area contributed by atoms with Crippen molar-refractivity contribution < 1.29 is 4.74 Å². The summed E-state index contributed by atoms with van der Waals surface area (Å²) in [6.45, 7) is 0.397.